The van der Waals surface area contributed by atoms with Gasteiger partial charge in [-0.25, -0.2) is 13.2 Å². The van der Waals surface area contributed by atoms with Crippen LogP contribution in [0.2, 0.25) is 0 Å². The number of carboxylic acid groups (broad SMARTS) is 1. The number of sulfonamides is 1. The molecule has 1 aliphatic rings. The van der Waals surface area contributed by atoms with Crippen LogP contribution in [0, 0.1) is 6.92 Å². The van der Waals surface area contributed by atoms with Gasteiger partial charge in [0.1, 0.15) is 0 Å². The Morgan fingerprint density at radius 2 is 1.95 bits per heavy atom. The lowest BCUT2D eigenvalue weighted by atomic mass is 10.1. The summed E-state index contributed by atoms with van der Waals surface area (Å²) < 4.78 is 26.2. The average Bonchev–Trinajstić information content (AvgIpc) is 2.39. The zero-order valence-corrected chi connectivity index (χ0v) is 12.1. The molecule has 0 aromatic heterocycles. The summed E-state index contributed by atoms with van der Waals surface area (Å²) in [4.78, 5) is 11.1. The van der Waals surface area contributed by atoms with E-state index in [0.717, 1.165) is 11.5 Å². The van der Waals surface area contributed by atoms with Crippen LogP contribution in [-0.4, -0.2) is 48.4 Å². The normalized spacial score (nSPS) is 17.3. The summed E-state index contributed by atoms with van der Waals surface area (Å²) in [6.07, 6.45) is 0. The molecular weight excluding hydrogens is 286 g/mol. The van der Waals surface area contributed by atoms with Crippen LogP contribution in [0.4, 0.5) is 0 Å². The zero-order valence-electron chi connectivity index (χ0n) is 10.5. The highest BCUT2D eigenvalue weighted by Crippen LogP contribution is 2.22. The van der Waals surface area contributed by atoms with E-state index in [2.05, 4.69) is 0 Å². The summed E-state index contributed by atoms with van der Waals surface area (Å²) in [6, 6.07) is 4.25. The van der Waals surface area contributed by atoms with Gasteiger partial charge >= 0.3 is 5.97 Å². The molecule has 1 aliphatic heterocycles. The van der Waals surface area contributed by atoms with Gasteiger partial charge in [-0.2, -0.15) is 16.1 Å². The van der Waals surface area contributed by atoms with Gasteiger partial charge < -0.3 is 5.11 Å². The first kappa shape index (κ1) is 14.4. The molecule has 7 heteroatoms. The fraction of sp³-hybridized carbons (Fsp3) is 0.417. The van der Waals surface area contributed by atoms with Crippen molar-refractivity contribution in [3.63, 3.8) is 0 Å². The van der Waals surface area contributed by atoms with Gasteiger partial charge in [0.2, 0.25) is 10.0 Å². The largest absolute Gasteiger partial charge is 0.478 e. The Morgan fingerprint density at radius 3 is 2.53 bits per heavy atom. The molecule has 1 aromatic rings. The van der Waals surface area contributed by atoms with Crippen molar-refractivity contribution in [3.8, 4) is 0 Å². The second kappa shape index (κ2) is 5.52. The first-order valence-corrected chi connectivity index (χ1v) is 8.44. The standard InChI is InChI=1S/C12H15NO4S2/c1-9-2-3-10(8-11(9)12(14)15)19(16,17)13-4-6-18-7-5-13/h2-3,8H,4-7H2,1H3,(H,14,15). The molecule has 1 aromatic carbocycles. The van der Waals surface area contributed by atoms with E-state index in [1.54, 1.807) is 18.7 Å². The van der Waals surface area contributed by atoms with Crippen LogP contribution >= 0.6 is 11.8 Å². The molecule has 0 spiro atoms. The van der Waals surface area contributed by atoms with Crippen molar-refractivity contribution in [1.82, 2.24) is 4.31 Å². The van der Waals surface area contributed by atoms with Crippen LogP contribution in [-0.2, 0) is 10.0 Å². The van der Waals surface area contributed by atoms with E-state index in [-0.39, 0.29) is 10.5 Å². The second-order valence-corrected chi connectivity index (χ2v) is 7.46. The van der Waals surface area contributed by atoms with E-state index in [4.69, 9.17) is 5.11 Å². The number of hydrogen-bond donors (Lipinski definition) is 1. The van der Waals surface area contributed by atoms with Crippen LogP contribution < -0.4 is 0 Å². The van der Waals surface area contributed by atoms with E-state index >= 15 is 0 Å². The molecule has 0 bridgehead atoms. The smallest absolute Gasteiger partial charge is 0.335 e. The molecule has 1 fully saturated rings. The van der Waals surface area contributed by atoms with Gasteiger partial charge in [-0.05, 0) is 24.6 Å². The number of thioether (sulfide) groups is 1. The molecule has 0 aliphatic carbocycles. The lowest BCUT2D eigenvalue weighted by Gasteiger charge is -2.25. The number of hydrogen-bond acceptors (Lipinski definition) is 4. The Kier molecular flexibility index (Phi) is 4.17. The first-order valence-electron chi connectivity index (χ1n) is 5.85. The third kappa shape index (κ3) is 2.93. The molecule has 19 heavy (non-hydrogen) atoms. The van der Waals surface area contributed by atoms with Crippen molar-refractivity contribution >= 4 is 27.8 Å². The number of rotatable bonds is 3. The Labute approximate surface area is 116 Å². The Hall–Kier alpha value is -1.05. The first-order chi connectivity index (χ1) is 8.93. The van der Waals surface area contributed by atoms with E-state index in [0.29, 0.717) is 18.7 Å². The number of aryl methyl sites for hydroxylation is 1. The molecule has 0 atom stereocenters. The number of nitrogens with zero attached hydrogens (tertiary/aromatic N) is 1. The SMILES string of the molecule is Cc1ccc(S(=O)(=O)N2CCSCC2)cc1C(=O)O. The molecule has 1 saturated heterocycles. The third-order valence-electron chi connectivity index (χ3n) is 3.05. The molecule has 5 nitrogen and oxygen atoms in total. The van der Waals surface area contributed by atoms with Crippen molar-refractivity contribution in [2.45, 2.75) is 11.8 Å². The van der Waals surface area contributed by atoms with Gasteiger partial charge in [-0.1, -0.05) is 6.07 Å². The predicted octanol–water partition coefficient (Wildman–Crippen LogP) is 1.43. The van der Waals surface area contributed by atoms with Crippen molar-refractivity contribution in [3.05, 3.63) is 29.3 Å². The summed E-state index contributed by atoms with van der Waals surface area (Å²) in [6.45, 7) is 2.60. The van der Waals surface area contributed by atoms with Crippen LogP contribution in [0.25, 0.3) is 0 Å². The summed E-state index contributed by atoms with van der Waals surface area (Å²) in [5.41, 5.74) is 0.591. The maximum Gasteiger partial charge on any atom is 0.335 e. The van der Waals surface area contributed by atoms with Crippen molar-refractivity contribution in [1.29, 1.82) is 0 Å². The van der Waals surface area contributed by atoms with Gasteiger partial charge in [-0.15, -0.1) is 0 Å². The summed E-state index contributed by atoms with van der Waals surface area (Å²) in [5, 5.41) is 9.05. The minimum absolute atomic E-state index is 0.0347. The molecule has 0 radical (unpaired) electrons. The second-order valence-electron chi connectivity index (χ2n) is 4.30. The van der Waals surface area contributed by atoms with Crippen molar-refractivity contribution in [2.24, 2.45) is 0 Å². The highest BCUT2D eigenvalue weighted by molar-refractivity contribution is 7.99. The van der Waals surface area contributed by atoms with E-state index in [9.17, 15) is 13.2 Å². The van der Waals surface area contributed by atoms with Gasteiger partial charge in [0.25, 0.3) is 0 Å². The predicted molar refractivity (Wildman–Crippen MR) is 74.2 cm³/mol. The molecule has 1 N–H and O–H groups in total. The van der Waals surface area contributed by atoms with Gasteiger partial charge in [0.05, 0.1) is 10.5 Å². The highest BCUT2D eigenvalue weighted by Gasteiger charge is 2.27. The lowest BCUT2D eigenvalue weighted by molar-refractivity contribution is 0.0696. The maximum atomic E-state index is 12.4. The van der Waals surface area contributed by atoms with Gasteiger partial charge in [-0.3, -0.25) is 0 Å². The topological polar surface area (TPSA) is 74.7 Å². The molecule has 104 valence electrons. The molecule has 0 amide bonds. The molecular formula is C12H15NO4S2. The number of carboxylic acids is 1. The minimum Gasteiger partial charge on any atom is -0.478 e. The summed E-state index contributed by atoms with van der Waals surface area (Å²) >= 11 is 1.72. The zero-order chi connectivity index (χ0) is 14.0. The average molecular weight is 301 g/mol. The maximum absolute atomic E-state index is 12.4. The Bertz CT molecular complexity index is 592. The van der Waals surface area contributed by atoms with Crippen LogP contribution in [0.15, 0.2) is 23.1 Å². The van der Waals surface area contributed by atoms with Gasteiger partial charge in [0.15, 0.2) is 0 Å². The van der Waals surface area contributed by atoms with Crippen molar-refractivity contribution in [2.75, 3.05) is 24.6 Å². The number of carbonyl (C=O) groups is 1. The fourth-order valence-electron chi connectivity index (χ4n) is 1.93. The molecule has 0 saturated carbocycles. The third-order valence-corrected chi connectivity index (χ3v) is 5.88. The molecule has 2 rings (SSSR count). The van der Waals surface area contributed by atoms with E-state index in [1.807, 2.05) is 0 Å². The summed E-state index contributed by atoms with van der Waals surface area (Å²) in [7, 11) is -3.58. The Balaban J connectivity index is 2.40. The quantitative estimate of drug-likeness (QED) is 0.914. The summed E-state index contributed by atoms with van der Waals surface area (Å²) in [5.74, 6) is 0.442. The fourth-order valence-corrected chi connectivity index (χ4v) is 4.53. The van der Waals surface area contributed by atoms with E-state index in [1.165, 1.54) is 22.5 Å². The minimum atomic E-state index is -3.58. The Morgan fingerprint density at radius 1 is 1.32 bits per heavy atom. The van der Waals surface area contributed by atoms with E-state index < -0.39 is 16.0 Å². The number of aromatic carboxylic acids is 1. The van der Waals surface area contributed by atoms with Crippen LogP contribution in [0.3, 0.4) is 0 Å². The monoisotopic (exact) mass is 301 g/mol. The van der Waals surface area contributed by atoms with Crippen LogP contribution in [0.5, 0.6) is 0 Å². The number of benzene rings is 1. The molecule has 0 unspecified atom stereocenters. The highest BCUT2D eigenvalue weighted by atomic mass is 32.2. The van der Waals surface area contributed by atoms with Crippen LogP contribution in [0.1, 0.15) is 15.9 Å². The molecule has 1 heterocycles. The lowest BCUT2D eigenvalue weighted by Crippen LogP contribution is -2.37. The van der Waals surface area contributed by atoms with Crippen molar-refractivity contribution < 1.29 is 18.3 Å². The van der Waals surface area contributed by atoms with Gasteiger partial charge in [0, 0.05) is 24.6 Å².